The van der Waals surface area contributed by atoms with Gasteiger partial charge in [-0.25, -0.2) is 0 Å². The van der Waals surface area contributed by atoms with Crippen molar-refractivity contribution in [3.63, 3.8) is 0 Å². The second kappa shape index (κ2) is 6.77. The second-order valence-electron chi connectivity index (χ2n) is 4.68. The Bertz CT molecular complexity index is 438. The van der Waals surface area contributed by atoms with Crippen LogP contribution in [0, 0.1) is 0 Å². The van der Waals surface area contributed by atoms with Crippen molar-refractivity contribution in [1.29, 1.82) is 0 Å². The molecule has 1 unspecified atom stereocenters. The summed E-state index contributed by atoms with van der Waals surface area (Å²) < 4.78 is 5.49. The molecule has 19 heavy (non-hydrogen) atoms. The Morgan fingerprint density at radius 1 is 1.37 bits per heavy atom. The summed E-state index contributed by atoms with van der Waals surface area (Å²) in [5.74, 6) is 0.506. The first-order chi connectivity index (χ1) is 9.10. The predicted molar refractivity (Wildman–Crippen MR) is 74.9 cm³/mol. The van der Waals surface area contributed by atoms with Crippen LogP contribution < -0.4 is 10.1 Å². The van der Waals surface area contributed by atoms with Gasteiger partial charge in [-0.05, 0) is 25.0 Å². The van der Waals surface area contributed by atoms with E-state index >= 15 is 0 Å². The molecule has 0 amide bonds. The maximum atomic E-state index is 9.32. The van der Waals surface area contributed by atoms with E-state index in [1.54, 1.807) is 12.1 Å². The first-order valence-corrected chi connectivity index (χ1v) is 6.98. The summed E-state index contributed by atoms with van der Waals surface area (Å²) >= 11 is 12.1. The molecule has 2 rings (SSSR count). The SMILES string of the molecule is OCC(O)COc1c(Cl)cc(Cl)cc1CNC1CC1. The smallest absolute Gasteiger partial charge is 0.142 e. The van der Waals surface area contributed by atoms with Crippen LogP contribution in [-0.4, -0.2) is 35.6 Å². The Balaban J connectivity index is 2.08. The van der Waals surface area contributed by atoms with Gasteiger partial charge in [0.25, 0.3) is 0 Å². The van der Waals surface area contributed by atoms with Crippen molar-refractivity contribution >= 4 is 23.2 Å². The van der Waals surface area contributed by atoms with Crippen LogP contribution in [0.3, 0.4) is 0 Å². The van der Waals surface area contributed by atoms with Crippen molar-refractivity contribution in [3.8, 4) is 5.75 Å². The van der Waals surface area contributed by atoms with Crippen LogP contribution in [0.25, 0.3) is 0 Å². The Kier molecular flexibility index (Phi) is 5.30. The highest BCUT2D eigenvalue weighted by atomic mass is 35.5. The molecular weight excluding hydrogens is 289 g/mol. The van der Waals surface area contributed by atoms with E-state index in [2.05, 4.69) is 5.32 Å². The van der Waals surface area contributed by atoms with E-state index in [9.17, 15) is 5.11 Å². The topological polar surface area (TPSA) is 61.7 Å². The summed E-state index contributed by atoms with van der Waals surface area (Å²) in [7, 11) is 0. The molecule has 106 valence electrons. The number of rotatable bonds is 7. The van der Waals surface area contributed by atoms with Crippen molar-refractivity contribution in [2.24, 2.45) is 0 Å². The summed E-state index contributed by atoms with van der Waals surface area (Å²) in [6, 6.07) is 3.96. The zero-order valence-electron chi connectivity index (χ0n) is 10.4. The van der Waals surface area contributed by atoms with Gasteiger partial charge >= 0.3 is 0 Å². The normalized spacial score (nSPS) is 16.4. The van der Waals surface area contributed by atoms with Gasteiger partial charge in [0.2, 0.25) is 0 Å². The Hall–Kier alpha value is -0.520. The standard InChI is InChI=1S/C13H17Cl2NO3/c14-9-3-8(5-16-10-1-2-10)13(12(15)4-9)19-7-11(18)6-17/h3-4,10-11,16-18H,1-2,5-7H2. The Morgan fingerprint density at radius 3 is 2.74 bits per heavy atom. The summed E-state index contributed by atoms with van der Waals surface area (Å²) in [6.45, 7) is 0.268. The van der Waals surface area contributed by atoms with Gasteiger partial charge in [-0.15, -0.1) is 0 Å². The first kappa shape index (κ1) is 14.9. The first-order valence-electron chi connectivity index (χ1n) is 6.23. The molecule has 3 N–H and O–H groups in total. The van der Waals surface area contributed by atoms with Gasteiger partial charge in [-0.3, -0.25) is 0 Å². The molecule has 0 aliphatic heterocycles. The predicted octanol–water partition coefficient (Wildman–Crippen LogP) is 1.98. The molecule has 0 bridgehead atoms. The minimum absolute atomic E-state index is 0.00567. The lowest BCUT2D eigenvalue weighted by atomic mass is 10.2. The van der Waals surface area contributed by atoms with E-state index < -0.39 is 6.10 Å². The molecule has 0 aromatic heterocycles. The van der Waals surface area contributed by atoms with E-state index in [1.807, 2.05) is 0 Å². The fourth-order valence-corrected chi connectivity index (χ4v) is 2.27. The van der Waals surface area contributed by atoms with E-state index in [1.165, 1.54) is 12.8 Å². The molecule has 0 spiro atoms. The third kappa shape index (κ3) is 4.51. The van der Waals surface area contributed by atoms with Crippen molar-refractivity contribution in [2.75, 3.05) is 13.2 Å². The van der Waals surface area contributed by atoms with Gasteiger partial charge in [-0.1, -0.05) is 23.2 Å². The van der Waals surface area contributed by atoms with Gasteiger partial charge in [0.15, 0.2) is 0 Å². The maximum Gasteiger partial charge on any atom is 0.142 e. The third-order valence-corrected chi connectivity index (χ3v) is 3.37. The molecule has 0 radical (unpaired) electrons. The summed E-state index contributed by atoms with van der Waals surface area (Å²) in [4.78, 5) is 0. The van der Waals surface area contributed by atoms with Crippen LogP contribution in [0.15, 0.2) is 12.1 Å². The molecule has 1 aliphatic rings. The van der Waals surface area contributed by atoms with Crippen LogP contribution in [0.1, 0.15) is 18.4 Å². The van der Waals surface area contributed by atoms with E-state index in [-0.39, 0.29) is 13.2 Å². The average molecular weight is 306 g/mol. The molecular formula is C13H17Cl2NO3. The molecule has 6 heteroatoms. The Labute approximate surface area is 122 Å². The van der Waals surface area contributed by atoms with Crippen LogP contribution in [-0.2, 0) is 6.54 Å². The van der Waals surface area contributed by atoms with Crippen molar-refractivity contribution in [1.82, 2.24) is 5.32 Å². The minimum Gasteiger partial charge on any atom is -0.489 e. The van der Waals surface area contributed by atoms with Crippen molar-refractivity contribution in [3.05, 3.63) is 27.7 Å². The van der Waals surface area contributed by atoms with Crippen LogP contribution in [0.2, 0.25) is 10.0 Å². The summed E-state index contributed by atoms with van der Waals surface area (Å²) in [5.41, 5.74) is 0.856. The molecule has 1 aromatic rings. The van der Waals surface area contributed by atoms with Crippen LogP contribution in [0.4, 0.5) is 0 Å². The highest BCUT2D eigenvalue weighted by Gasteiger charge is 2.21. The van der Waals surface area contributed by atoms with Gasteiger partial charge in [0, 0.05) is 23.2 Å². The number of halogens is 2. The number of ether oxygens (including phenoxy) is 1. The Morgan fingerprint density at radius 2 is 2.11 bits per heavy atom. The lowest BCUT2D eigenvalue weighted by molar-refractivity contribution is 0.0533. The van der Waals surface area contributed by atoms with Crippen molar-refractivity contribution in [2.45, 2.75) is 31.5 Å². The average Bonchev–Trinajstić information content (AvgIpc) is 3.18. The summed E-state index contributed by atoms with van der Waals surface area (Å²) in [5, 5.41) is 22.4. The van der Waals surface area contributed by atoms with E-state index in [4.69, 9.17) is 33.0 Å². The van der Waals surface area contributed by atoms with Crippen LogP contribution >= 0.6 is 23.2 Å². The number of aliphatic hydroxyl groups is 2. The molecule has 1 fully saturated rings. The number of hydrogen-bond donors (Lipinski definition) is 3. The fourth-order valence-electron chi connectivity index (χ4n) is 1.68. The quantitative estimate of drug-likeness (QED) is 0.721. The minimum atomic E-state index is -0.920. The lowest BCUT2D eigenvalue weighted by Gasteiger charge is -2.16. The number of benzene rings is 1. The number of hydrogen-bond acceptors (Lipinski definition) is 4. The number of aliphatic hydroxyl groups excluding tert-OH is 2. The van der Waals surface area contributed by atoms with Gasteiger partial charge in [0.05, 0.1) is 11.6 Å². The zero-order valence-corrected chi connectivity index (χ0v) is 11.9. The van der Waals surface area contributed by atoms with E-state index in [0.717, 1.165) is 5.56 Å². The van der Waals surface area contributed by atoms with Crippen LogP contribution in [0.5, 0.6) is 5.75 Å². The highest BCUT2D eigenvalue weighted by Crippen LogP contribution is 2.33. The molecule has 0 saturated heterocycles. The van der Waals surface area contributed by atoms with Gasteiger partial charge in [0.1, 0.15) is 18.5 Å². The molecule has 1 saturated carbocycles. The van der Waals surface area contributed by atoms with E-state index in [0.29, 0.717) is 28.4 Å². The lowest BCUT2D eigenvalue weighted by Crippen LogP contribution is -2.22. The highest BCUT2D eigenvalue weighted by molar-refractivity contribution is 6.35. The van der Waals surface area contributed by atoms with Gasteiger partial charge < -0.3 is 20.3 Å². The largest absolute Gasteiger partial charge is 0.489 e. The zero-order chi connectivity index (χ0) is 13.8. The molecule has 1 aliphatic carbocycles. The molecule has 1 atom stereocenters. The molecule has 0 heterocycles. The third-order valence-electron chi connectivity index (χ3n) is 2.87. The molecule has 1 aromatic carbocycles. The number of nitrogens with one attached hydrogen (secondary N) is 1. The maximum absolute atomic E-state index is 9.32. The fraction of sp³-hybridized carbons (Fsp3) is 0.538. The molecule has 4 nitrogen and oxygen atoms in total. The monoisotopic (exact) mass is 305 g/mol. The van der Waals surface area contributed by atoms with Gasteiger partial charge in [-0.2, -0.15) is 0 Å². The summed E-state index contributed by atoms with van der Waals surface area (Å²) in [6.07, 6.45) is 1.46. The second-order valence-corrected chi connectivity index (χ2v) is 5.52. The van der Waals surface area contributed by atoms with Crippen molar-refractivity contribution < 1.29 is 14.9 Å².